The number of nitrogens with zero attached hydrogens (tertiary/aromatic N) is 2. The van der Waals surface area contributed by atoms with Crippen molar-refractivity contribution < 1.29 is 14.6 Å². The summed E-state index contributed by atoms with van der Waals surface area (Å²) in [4.78, 5) is 10.8. The summed E-state index contributed by atoms with van der Waals surface area (Å²) >= 11 is 0. The van der Waals surface area contributed by atoms with Gasteiger partial charge in [-0.15, -0.1) is 0 Å². The van der Waals surface area contributed by atoms with Crippen LogP contribution in [0.25, 0.3) is 0 Å². The number of benzene rings is 1. The summed E-state index contributed by atoms with van der Waals surface area (Å²) in [5.41, 5.74) is 4.28. The maximum atomic E-state index is 10.8. The van der Waals surface area contributed by atoms with Crippen LogP contribution in [0.1, 0.15) is 48.2 Å². The van der Waals surface area contributed by atoms with E-state index in [1.807, 2.05) is 13.0 Å². The lowest BCUT2D eigenvalue weighted by Crippen LogP contribution is -2.26. The van der Waals surface area contributed by atoms with Gasteiger partial charge in [-0.1, -0.05) is 25.7 Å². The predicted molar refractivity (Wildman–Crippen MR) is 93.7 cm³/mol. The molecule has 2 aromatic rings. The normalized spacial score (nSPS) is 14.7. The first-order valence-corrected chi connectivity index (χ1v) is 8.18. The van der Waals surface area contributed by atoms with Crippen molar-refractivity contribution >= 4 is 5.97 Å². The Hall–Kier alpha value is -2.87. The molecule has 0 aliphatic carbocycles. The van der Waals surface area contributed by atoms with Gasteiger partial charge in [-0.05, 0) is 42.5 Å². The smallest absolute Gasteiger partial charge is 0.309 e. The molecule has 5 heteroatoms. The summed E-state index contributed by atoms with van der Waals surface area (Å²) in [6.07, 6.45) is 2.35. The minimum absolute atomic E-state index is 0.0601. The molecule has 3 rings (SSSR count). The second kappa shape index (κ2) is 6.56. The summed E-state index contributed by atoms with van der Waals surface area (Å²) in [6, 6.07) is 5.80. The van der Waals surface area contributed by atoms with Crippen LogP contribution in [0.2, 0.25) is 0 Å². The standard InChI is InChI=1S/C20H20N2O3/c1-13-8-18-17(20(2,3)6-7-25-18)10-15(13)5-4-14-9-16(11-19(23)24)22-21-12-14/h8-10,12H,6-7,11H2,1-3H3,(H,23,24). The first-order chi connectivity index (χ1) is 11.8. The Bertz CT molecular complexity index is 892. The van der Waals surface area contributed by atoms with Crippen molar-refractivity contribution in [3.8, 4) is 17.6 Å². The predicted octanol–water partition coefficient (Wildman–Crippen LogP) is 2.87. The van der Waals surface area contributed by atoms with E-state index in [4.69, 9.17) is 9.84 Å². The van der Waals surface area contributed by atoms with E-state index in [0.717, 1.165) is 29.9 Å². The zero-order valence-electron chi connectivity index (χ0n) is 14.6. The second-order valence-electron chi connectivity index (χ2n) is 6.90. The van der Waals surface area contributed by atoms with E-state index < -0.39 is 5.97 Å². The van der Waals surface area contributed by atoms with Gasteiger partial charge in [0.15, 0.2) is 0 Å². The van der Waals surface area contributed by atoms with Gasteiger partial charge in [0.1, 0.15) is 5.75 Å². The molecule has 0 radical (unpaired) electrons. The highest BCUT2D eigenvalue weighted by atomic mass is 16.5. The van der Waals surface area contributed by atoms with E-state index >= 15 is 0 Å². The van der Waals surface area contributed by atoms with Crippen molar-refractivity contribution in [3.05, 3.63) is 52.3 Å². The topological polar surface area (TPSA) is 72.3 Å². The zero-order chi connectivity index (χ0) is 18.0. The molecule has 0 atom stereocenters. The molecule has 0 amide bonds. The fourth-order valence-electron chi connectivity index (χ4n) is 2.88. The SMILES string of the molecule is Cc1cc2c(cc1C#Cc1cnnc(CC(=O)O)c1)C(C)(C)CCO2. The molecule has 0 fully saturated rings. The molecule has 1 aliphatic rings. The van der Waals surface area contributed by atoms with Gasteiger partial charge in [0, 0.05) is 16.7 Å². The van der Waals surface area contributed by atoms with Crippen molar-refractivity contribution in [2.24, 2.45) is 0 Å². The van der Waals surface area contributed by atoms with E-state index in [1.165, 1.54) is 5.56 Å². The summed E-state index contributed by atoms with van der Waals surface area (Å²) in [5, 5.41) is 16.5. The molecule has 1 aromatic heterocycles. The van der Waals surface area contributed by atoms with E-state index in [9.17, 15) is 4.79 Å². The van der Waals surface area contributed by atoms with Crippen molar-refractivity contribution in [2.45, 2.75) is 39.0 Å². The quantitative estimate of drug-likeness (QED) is 0.854. The summed E-state index contributed by atoms with van der Waals surface area (Å²) in [5.74, 6) is 6.24. The van der Waals surface area contributed by atoms with E-state index in [1.54, 1.807) is 12.3 Å². The maximum absolute atomic E-state index is 10.8. The van der Waals surface area contributed by atoms with E-state index in [-0.39, 0.29) is 11.8 Å². The van der Waals surface area contributed by atoms with Gasteiger partial charge >= 0.3 is 5.97 Å². The Morgan fingerprint density at radius 2 is 2.12 bits per heavy atom. The molecular formula is C20H20N2O3. The lowest BCUT2D eigenvalue weighted by Gasteiger charge is -2.33. The Balaban J connectivity index is 1.95. The number of fused-ring (bicyclic) bond motifs is 1. The van der Waals surface area contributed by atoms with Gasteiger partial charge in [0.2, 0.25) is 0 Å². The largest absolute Gasteiger partial charge is 0.493 e. The maximum Gasteiger partial charge on any atom is 0.309 e. The molecule has 128 valence electrons. The van der Waals surface area contributed by atoms with Crippen LogP contribution in [-0.4, -0.2) is 27.9 Å². The van der Waals surface area contributed by atoms with Crippen molar-refractivity contribution in [1.29, 1.82) is 0 Å². The molecule has 0 bridgehead atoms. The van der Waals surface area contributed by atoms with Gasteiger partial charge in [-0.2, -0.15) is 10.2 Å². The molecule has 1 aliphatic heterocycles. The molecule has 0 spiro atoms. The average molecular weight is 336 g/mol. The number of aromatic nitrogens is 2. The molecule has 5 nitrogen and oxygen atoms in total. The van der Waals surface area contributed by atoms with Gasteiger partial charge in [-0.3, -0.25) is 4.79 Å². The molecule has 0 saturated heterocycles. The number of ether oxygens (including phenoxy) is 1. The third-order valence-corrected chi connectivity index (χ3v) is 4.42. The Kier molecular flexibility index (Phi) is 4.45. The lowest BCUT2D eigenvalue weighted by molar-refractivity contribution is -0.136. The van der Waals surface area contributed by atoms with Crippen LogP contribution in [0.3, 0.4) is 0 Å². The van der Waals surface area contributed by atoms with Gasteiger partial charge in [0.25, 0.3) is 0 Å². The fraction of sp³-hybridized carbons (Fsp3) is 0.350. The number of rotatable bonds is 2. The second-order valence-corrected chi connectivity index (χ2v) is 6.90. The van der Waals surface area contributed by atoms with Gasteiger partial charge in [-0.25, -0.2) is 0 Å². The minimum Gasteiger partial charge on any atom is -0.493 e. The average Bonchev–Trinajstić information content (AvgIpc) is 2.52. The molecule has 1 aromatic carbocycles. The minimum atomic E-state index is -0.938. The lowest BCUT2D eigenvalue weighted by atomic mass is 9.78. The number of aliphatic carboxylic acids is 1. The zero-order valence-corrected chi connectivity index (χ0v) is 14.6. The van der Waals surface area contributed by atoms with Crippen LogP contribution in [0.15, 0.2) is 24.4 Å². The van der Waals surface area contributed by atoms with Gasteiger partial charge < -0.3 is 9.84 Å². The van der Waals surface area contributed by atoms with Crippen LogP contribution >= 0.6 is 0 Å². The van der Waals surface area contributed by atoms with Crippen LogP contribution in [0, 0.1) is 18.8 Å². The first kappa shape index (κ1) is 17.0. The molecule has 2 heterocycles. The number of hydrogen-bond donors (Lipinski definition) is 1. The third-order valence-electron chi connectivity index (χ3n) is 4.42. The number of carboxylic acids is 1. The van der Waals surface area contributed by atoms with Crippen LogP contribution in [0.4, 0.5) is 0 Å². The van der Waals surface area contributed by atoms with Crippen molar-refractivity contribution in [2.75, 3.05) is 6.61 Å². The fourth-order valence-corrected chi connectivity index (χ4v) is 2.88. The summed E-state index contributed by atoms with van der Waals surface area (Å²) in [6.45, 7) is 7.17. The molecule has 1 N–H and O–H groups in total. The van der Waals surface area contributed by atoms with Crippen LogP contribution in [-0.2, 0) is 16.6 Å². The third kappa shape index (κ3) is 3.80. The van der Waals surface area contributed by atoms with Crippen molar-refractivity contribution in [3.63, 3.8) is 0 Å². The molecular weight excluding hydrogens is 316 g/mol. The van der Waals surface area contributed by atoms with E-state index in [0.29, 0.717) is 11.3 Å². The summed E-state index contributed by atoms with van der Waals surface area (Å²) in [7, 11) is 0. The van der Waals surface area contributed by atoms with E-state index in [2.05, 4.69) is 42.0 Å². The Morgan fingerprint density at radius 3 is 2.88 bits per heavy atom. The monoisotopic (exact) mass is 336 g/mol. The molecule has 0 unspecified atom stereocenters. The van der Waals surface area contributed by atoms with Gasteiger partial charge in [0.05, 0.1) is 24.9 Å². The number of carboxylic acid groups (broad SMARTS) is 1. The highest BCUT2D eigenvalue weighted by Gasteiger charge is 2.29. The van der Waals surface area contributed by atoms with Crippen molar-refractivity contribution in [1.82, 2.24) is 10.2 Å². The number of hydrogen-bond acceptors (Lipinski definition) is 4. The number of aryl methyl sites for hydroxylation is 1. The highest BCUT2D eigenvalue weighted by Crippen LogP contribution is 2.39. The van der Waals surface area contributed by atoms with Crippen LogP contribution in [0.5, 0.6) is 5.75 Å². The Morgan fingerprint density at radius 1 is 1.32 bits per heavy atom. The molecule has 25 heavy (non-hydrogen) atoms. The first-order valence-electron chi connectivity index (χ1n) is 8.18. The summed E-state index contributed by atoms with van der Waals surface area (Å²) < 4.78 is 5.79. The Labute approximate surface area is 147 Å². The van der Waals surface area contributed by atoms with Crippen LogP contribution < -0.4 is 4.74 Å². The molecule has 0 saturated carbocycles. The number of carbonyl (C=O) groups is 1. The highest BCUT2D eigenvalue weighted by molar-refractivity contribution is 5.69.